The van der Waals surface area contributed by atoms with Crippen LogP contribution in [0.15, 0.2) is 6.07 Å². The van der Waals surface area contributed by atoms with Crippen LogP contribution in [0.4, 0.5) is 0 Å². The molecule has 0 saturated carbocycles. The number of hydrogen-bond acceptors (Lipinski definition) is 3. The van der Waals surface area contributed by atoms with Gasteiger partial charge in [0.2, 0.25) is 0 Å². The van der Waals surface area contributed by atoms with Gasteiger partial charge in [0.25, 0.3) is 5.91 Å². The second-order valence-electron chi connectivity index (χ2n) is 4.36. The Hall–Kier alpha value is -1.36. The molecule has 4 nitrogen and oxygen atoms in total. The Labute approximate surface area is 111 Å². The summed E-state index contributed by atoms with van der Waals surface area (Å²) < 4.78 is 0. The summed E-state index contributed by atoms with van der Waals surface area (Å²) in [6.07, 6.45) is 2.18. The van der Waals surface area contributed by atoms with E-state index in [9.17, 15) is 9.59 Å². The van der Waals surface area contributed by atoms with Gasteiger partial charge in [0.05, 0.1) is 4.88 Å². The fourth-order valence-corrected chi connectivity index (χ4v) is 2.52. The lowest BCUT2D eigenvalue weighted by Gasteiger charge is -2.13. The Bertz CT molecular complexity index is 420. The predicted octanol–water partition coefficient (Wildman–Crippen LogP) is 2.74. The fourth-order valence-electron chi connectivity index (χ4n) is 1.58. The van der Waals surface area contributed by atoms with E-state index in [0.717, 1.165) is 23.3 Å². The van der Waals surface area contributed by atoms with E-state index in [2.05, 4.69) is 5.32 Å². The van der Waals surface area contributed by atoms with Crippen LogP contribution in [-0.2, 0) is 4.79 Å². The molecule has 18 heavy (non-hydrogen) atoms. The van der Waals surface area contributed by atoms with E-state index in [1.165, 1.54) is 11.3 Å². The van der Waals surface area contributed by atoms with Crippen molar-refractivity contribution in [2.75, 3.05) is 0 Å². The van der Waals surface area contributed by atoms with Crippen molar-refractivity contribution in [2.24, 2.45) is 0 Å². The summed E-state index contributed by atoms with van der Waals surface area (Å²) >= 11 is 1.40. The maximum atomic E-state index is 11.9. The fraction of sp³-hybridized carbons (Fsp3) is 0.538. The molecule has 0 aromatic carbocycles. The minimum Gasteiger partial charge on any atom is -0.480 e. The lowest BCUT2D eigenvalue weighted by molar-refractivity contribution is -0.139. The zero-order chi connectivity index (χ0) is 13.7. The number of hydrogen-bond donors (Lipinski definition) is 2. The summed E-state index contributed by atoms with van der Waals surface area (Å²) in [6.45, 7) is 5.88. The van der Waals surface area contributed by atoms with Crippen molar-refractivity contribution in [2.45, 2.75) is 46.1 Å². The summed E-state index contributed by atoms with van der Waals surface area (Å²) in [6, 6.07) is 1.01. The van der Waals surface area contributed by atoms with Gasteiger partial charge in [-0.25, -0.2) is 4.79 Å². The van der Waals surface area contributed by atoms with Crippen LogP contribution in [0.5, 0.6) is 0 Å². The van der Waals surface area contributed by atoms with Crippen molar-refractivity contribution >= 4 is 23.2 Å². The third-order valence-corrected chi connectivity index (χ3v) is 3.99. The second kappa shape index (κ2) is 6.54. The smallest absolute Gasteiger partial charge is 0.326 e. The Kier molecular flexibility index (Phi) is 5.34. The molecule has 0 aliphatic carbocycles. The van der Waals surface area contributed by atoms with Gasteiger partial charge in [-0.15, -0.1) is 11.3 Å². The van der Waals surface area contributed by atoms with Crippen molar-refractivity contribution in [3.8, 4) is 0 Å². The van der Waals surface area contributed by atoms with Gasteiger partial charge < -0.3 is 10.4 Å². The largest absolute Gasteiger partial charge is 0.480 e. The van der Waals surface area contributed by atoms with E-state index in [4.69, 9.17) is 5.11 Å². The van der Waals surface area contributed by atoms with Gasteiger partial charge in [-0.2, -0.15) is 0 Å². The van der Waals surface area contributed by atoms with Gasteiger partial charge in [-0.1, -0.05) is 19.8 Å². The number of nitrogens with one attached hydrogen (secondary N) is 1. The van der Waals surface area contributed by atoms with Crippen LogP contribution >= 0.6 is 11.3 Å². The van der Waals surface area contributed by atoms with E-state index < -0.39 is 12.0 Å². The number of rotatable bonds is 6. The number of thiophene rings is 1. The highest BCUT2D eigenvalue weighted by molar-refractivity contribution is 7.14. The molecule has 1 amide bonds. The molecule has 0 aliphatic heterocycles. The first-order valence-electron chi connectivity index (χ1n) is 6.06. The third-order valence-electron chi connectivity index (χ3n) is 2.84. The van der Waals surface area contributed by atoms with E-state index >= 15 is 0 Å². The number of carboxylic acids is 1. The lowest BCUT2D eigenvalue weighted by atomic mass is 10.1. The quantitative estimate of drug-likeness (QED) is 0.834. The maximum absolute atomic E-state index is 11.9. The average molecular weight is 269 g/mol. The Balaban J connectivity index is 2.69. The van der Waals surface area contributed by atoms with Crippen molar-refractivity contribution < 1.29 is 14.7 Å². The summed E-state index contributed by atoms with van der Waals surface area (Å²) in [4.78, 5) is 24.6. The molecule has 0 fully saturated rings. The molecule has 0 aliphatic rings. The van der Waals surface area contributed by atoms with Gasteiger partial charge in [0, 0.05) is 4.88 Å². The molecule has 1 heterocycles. The highest BCUT2D eigenvalue weighted by Gasteiger charge is 2.21. The zero-order valence-electron chi connectivity index (χ0n) is 10.9. The van der Waals surface area contributed by atoms with E-state index in [1.54, 1.807) is 6.07 Å². The van der Waals surface area contributed by atoms with Gasteiger partial charge in [-0.05, 0) is 31.9 Å². The van der Waals surface area contributed by atoms with Gasteiger partial charge in [0.15, 0.2) is 0 Å². The molecule has 1 aromatic heterocycles. The Morgan fingerprint density at radius 2 is 2.11 bits per heavy atom. The van der Waals surface area contributed by atoms with Gasteiger partial charge >= 0.3 is 5.97 Å². The number of aliphatic carboxylic acids is 1. The number of aryl methyl sites for hydroxylation is 2. The van der Waals surface area contributed by atoms with Crippen molar-refractivity contribution in [1.29, 1.82) is 0 Å². The molecule has 0 radical (unpaired) electrons. The maximum Gasteiger partial charge on any atom is 0.326 e. The molecule has 0 saturated heterocycles. The highest BCUT2D eigenvalue weighted by atomic mass is 32.1. The first-order chi connectivity index (χ1) is 8.45. The molecular formula is C13H19NO3S. The van der Waals surface area contributed by atoms with Crippen LogP contribution in [-0.4, -0.2) is 23.0 Å². The minimum absolute atomic E-state index is 0.292. The summed E-state index contributed by atoms with van der Waals surface area (Å²) in [5, 5.41) is 11.6. The number of carboxylic acid groups (broad SMARTS) is 1. The van der Waals surface area contributed by atoms with Crippen LogP contribution in [0.2, 0.25) is 0 Å². The van der Waals surface area contributed by atoms with Crippen LogP contribution in [0.1, 0.15) is 46.3 Å². The number of amides is 1. The summed E-state index contributed by atoms with van der Waals surface area (Å²) in [7, 11) is 0. The molecule has 0 spiro atoms. The molecule has 1 aromatic rings. The Morgan fingerprint density at radius 1 is 1.44 bits per heavy atom. The van der Waals surface area contributed by atoms with Crippen LogP contribution in [0.25, 0.3) is 0 Å². The van der Waals surface area contributed by atoms with E-state index in [-0.39, 0.29) is 5.91 Å². The number of carbonyl (C=O) groups is 2. The van der Waals surface area contributed by atoms with Crippen molar-refractivity contribution in [3.63, 3.8) is 0 Å². The predicted molar refractivity (Wildman–Crippen MR) is 72.2 cm³/mol. The molecule has 100 valence electrons. The second-order valence-corrected chi connectivity index (χ2v) is 5.61. The number of unbranched alkanes of at least 4 members (excludes halogenated alkanes) is 1. The standard InChI is InChI=1S/C13H19NO3S/c1-4-5-6-10(13(16)17)14-12(15)11-7-8(2)9(3)18-11/h7,10H,4-6H2,1-3H3,(H,14,15)(H,16,17). The molecule has 5 heteroatoms. The topological polar surface area (TPSA) is 66.4 Å². The van der Waals surface area contributed by atoms with Crippen LogP contribution in [0.3, 0.4) is 0 Å². The summed E-state index contributed by atoms with van der Waals surface area (Å²) in [5.74, 6) is -1.26. The lowest BCUT2D eigenvalue weighted by Crippen LogP contribution is -2.40. The minimum atomic E-state index is -0.971. The van der Waals surface area contributed by atoms with E-state index in [0.29, 0.717) is 11.3 Å². The summed E-state index contributed by atoms with van der Waals surface area (Å²) in [5.41, 5.74) is 1.06. The SMILES string of the molecule is CCCCC(NC(=O)c1cc(C)c(C)s1)C(=O)O. The van der Waals surface area contributed by atoms with Gasteiger partial charge in [-0.3, -0.25) is 4.79 Å². The Morgan fingerprint density at radius 3 is 2.56 bits per heavy atom. The molecule has 1 unspecified atom stereocenters. The molecule has 1 rings (SSSR count). The number of carbonyl (C=O) groups excluding carboxylic acids is 1. The van der Waals surface area contributed by atoms with Crippen LogP contribution in [0, 0.1) is 13.8 Å². The van der Waals surface area contributed by atoms with Crippen molar-refractivity contribution in [1.82, 2.24) is 5.32 Å². The van der Waals surface area contributed by atoms with Crippen LogP contribution < -0.4 is 5.32 Å². The molecule has 2 N–H and O–H groups in total. The molecular weight excluding hydrogens is 250 g/mol. The molecule has 0 bridgehead atoms. The third kappa shape index (κ3) is 3.84. The van der Waals surface area contributed by atoms with Gasteiger partial charge in [0.1, 0.15) is 6.04 Å². The highest BCUT2D eigenvalue weighted by Crippen LogP contribution is 2.20. The first kappa shape index (κ1) is 14.7. The molecule has 1 atom stereocenters. The first-order valence-corrected chi connectivity index (χ1v) is 6.88. The zero-order valence-corrected chi connectivity index (χ0v) is 11.8. The average Bonchev–Trinajstić information content (AvgIpc) is 2.64. The van der Waals surface area contributed by atoms with Crippen molar-refractivity contribution in [3.05, 3.63) is 21.4 Å². The normalized spacial score (nSPS) is 12.2. The van der Waals surface area contributed by atoms with E-state index in [1.807, 2.05) is 20.8 Å². The monoisotopic (exact) mass is 269 g/mol.